The van der Waals surface area contributed by atoms with Gasteiger partial charge in [-0.2, -0.15) is 11.8 Å². The molecule has 1 aliphatic rings. The highest BCUT2D eigenvalue weighted by molar-refractivity contribution is 7.99. The van der Waals surface area contributed by atoms with E-state index < -0.39 is 0 Å². The third-order valence-electron chi connectivity index (χ3n) is 3.77. The van der Waals surface area contributed by atoms with Gasteiger partial charge in [-0.1, -0.05) is 52.9 Å². The first-order chi connectivity index (χ1) is 8.22. The van der Waals surface area contributed by atoms with E-state index in [4.69, 9.17) is 0 Å². The van der Waals surface area contributed by atoms with E-state index in [9.17, 15) is 0 Å². The highest BCUT2D eigenvalue weighted by Crippen LogP contribution is 2.28. The Morgan fingerprint density at radius 3 is 2.47 bits per heavy atom. The summed E-state index contributed by atoms with van der Waals surface area (Å²) in [6.07, 6.45) is 10.3. The summed E-state index contributed by atoms with van der Waals surface area (Å²) < 4.78 is 0. The number of hydrogen-bond donors (Lipinski definition) is 1. The van der Waals surface area contributed by atoms with Gasteiger partial charge in [0.25, 0.3) is 0 Å². The normalized spacial score (nSPS) is 19.8. The van der Waals surface area contributed by atoms with Crippen molar-refractivity contribution in [3.05, 3.63) is 0 Å². The lowest BCUT2D eigenvalue weighted by Crippen LogP contribution is -2.32. The summed E-state index contributed by atoms with van der Waals surface area (Å²) in [5.74, 6) is 2.33. The highest BCUT2D eigenvalue weighted by atomic mass is 32.2. The minimum atomic E-state index is 0.745. The molecule has 1 fully saturated rings. The van der Waals surface area contributed by atoms with E-state index in [2.05, 4.69) is 37.8 Å². The molecule has 17 heavy (non-hydrogen) atoms. The molecule has 0 radical (unpaired) electrons. The summed E-state index contributed by atoms with van der Waals surface area (Å²) in [7, 11) is 0. The number of rotatable bonds is 8. The smallest absolute Gasteiger partial charge is 0.0158 e. The number of hydrogen-bond acceptors (Lipinski definition) is 2. The molecule has 0 aromatic heterocycles. The fraction of sp³-hybridized carbons (Fsp3) is 1.00. The molecule has 1 saturated carbocycles. The monoisotopic (exact) mass is 257 g/mol. The van der Waals surface area contributed by atoms with Crippen LogP contribution in [-0.4, -0.2) is 23.6 Å². The molecule has 0 aromatic carbocycles. The maximum atomic E-state index is 3.66. The third kappa shape index (κ3) is 7.35. The molecular weight excluding hydrogens is 226 g/mol. The van der Waals surface area contributed by atoms with Gasteiger partial charge in [-0.25, -0.2) is 0 Å². The molecule has 1 atom stereocenters. The van der Waals surface area contributed by atoms with E-state index in [-0.39, 0.29) is 0 Å². The maximum Gasteiger partial charge on any atom is 0.0158 e. The Labute approximate surface area is 113 Å². The van der Waals surface area contributed by atoms with Gasteiger partial charge in [0.2, 0.25) is 0 Å². The molecule has 0 amide bonds. The van der Waals surface area contributed by atoms with Crippen LogP contribution in [-0.2, 0) is 0 Å². The number of thioether (sulfide) groups is 1. The van der Waals surface area contributed by atoms with Gasteiger partial charge >= 0.3 is 0 Å². The van der Waals surface area contributed by atoms with Gasteiger partial charge in [-0.3, -0.25) is 0 Å². The van der Waals surface area contributed by atoms with E-state index >= 15 is 0 Å². The van der Waals surface area contributed by atoms with E-state index in [0.717, 1.165) is 23.8 Å². The van der Waals surface area contributed by atoms with E-state index in [1.807, 2.05) is 0 Å². The second-order valence-corrected chi connectivity index (χ2v) is 7.33. The Kier molecular flexibility index (Phi) is 8.38. The van der Waals surface area contributed by atoms with Crippen LogP contribution in [0, 0.1) is 5.92 Å². The van der Waals surface area contributed by atoms with Gasteiger partial charge in [0, 0.05) is 11.8 Å². The van der Waals surface area contributed by atoms with E-state index in [0.29, 0.717) is 0 Å². The molecule has 102 valence electrons. The molecule has 0 aliphatic heterocycles. The van der Waals surface area contributed by atoms with Crippen molar-refractivity contribution in [3.63, 3.8) is 0 Å². The van der Waals surface area contributed by atoms with Crippen LogP contribution in [0.25, 0.3) is 0 Å². The van der Waals surface area contributed by atoms with Gasteiger partial charge < -0.3 is 5.32 Å². The summed E-state index contributed by atoms with van der Waals surface area (Å²) >= 11 is 2.10. The first-order valence-corrected chi connectivity index (χ1v) is 8.62. The Morgan fingerprint density at radius 2 is 1.88 bits per heavy atom. The highest BCUT2D eigenvalue weighted by Gasteiger charge is 2.16. The molecule has 1 aliphatic carbocycles. The zero-order chi connectivity index (χ0) is 12.5. The third-order valence-corrected chi connectivity index (χ3v) is 5.03. The zero-order valence-electron chi connectivity index (χ0n) is 12.0. The van der Waals surface area contributed by atoms with Crippen molar-refractivity contribution >= 4 is 11.8 Å². The van der Waals surface area contributed by atoms with Crippen LogP contribution >= 0.6 is 11.8 Å². The number of nitrogens with one attached hydrogen (secondary N) is 1. The minimum Gasteiger partial charge on any atom is -0.313 e. The molecule has 0 bridgehead atoms. The predicted octanol–water partition coefficient (Wildman–Crippen LogP) is 4.47. The fourth-order valence-corrected chi connectivity index (χ4v) is 3.66. The first kappa shape index (κ1) is 15.4. The average molecular weight is 257 g/mol. The van der Waals surface area contributed by atoms with Gasteiger partial charge in [-0.15, -0.1) is 0 Å². The average Bonchev–Trinajstić information content (AvgIpc) is 2.34. The molecule has 0 heterocycles. The topological polar surface area (TPSA) is 12.0 Å². The maximum absolute atomic E-state index is 3.66. The van der Waals surface area contributed by atoms with E-state index in [1.165, 1.54) is 50.7 Å². The van der Waals surface area contributed by atoms with Crippen LogP contribution in [0.4, 0.5) is 0 Å². The summed E-state index contributed by atoms with van der Waals surface area (Å²) in [5, 5.41) is 4.43. The van der Waals surface area contributed by atoms with Crippen LogP contribution in [0.2, 0.25) is 0 Å². The lowest BCUT2D eigenvalue weighted by Gasteiger charge is -2.25. The van der Waals surface area contributed by atoms with Gasteiger partial charge in [-0.05, 0) is 30.6 Å². The van der Waals surface area contributed by atoms with Crippen molar-refractivity contribution in [3.8, 4) is 0 Å². The Bertz CT molecular complexity index is 176. The van der Waals surface area contributed by atoms with Crippen molar-refractivity contribution in [2.24, 2.45) is 5.92 Å². The van der Waals surface area contributed by atoms with Crippen molar-refractivity contribution in [1.29, 1.82) is 0 Å². The van der Waals surface area contributed by atoms with Crippen molar-refractivity contribution in [2.45, 2.75) is 77.0 Å². The second-order valence-electron chi connectivity index (χ2n) is 5.72. The molecule has 2 heteroatoms. The Balaban J connectivity index is 2.17. The van der Waals surface area contributed by atoms with Crippen LogP contribution < -0.4 is 5.32 Å². The molecule has 1 rings (SSSR count). The lowest BCUT2D eigenvalue weighted by atomic mass is 9.85. The molecular formula is C15H31NS. The molecule has 1 N–H and O–H groups in total. The Hall–Kier alpha value is 0.310. The van der Waals surface area contributed by atoms with Crippen molar-refractivity contribution < 1.29 is 0 Å². The largest absolute Gasteiger partial charge is 0.313 e. The summed E-state index contributed by atoms with van der Waals surface area (Å²) in [6.45, 7) is 7.95. The summed E-state index contributed by atoms with van der Waals surface area (Å²) in [5.41, 5.74) is 0. The van der Waals surface area contributed by atoms with Gasteiger partial charge in [0.15, 0.2) is 0 Å². The van der Waals surface area contributed by atoms with Gasteiger partial charge in [0.05, 0.1) is 0 Å². The van der Waals surface area contributed by atoms with Crippen LogP contribution in [0.3, 0.4) is 0 Å². The molecule has 1 unspecified atom stereocenters. The van der Waals surface area contributed by atoms with Crippen LogP contribution in [0.1, 0.15) is 65.7 Å². The van der Waals surface area contributed by atoms with Crippen molar-refractivity contribution in [1.82, 2.24) is 5.32 Å². The first-order valence-electron chi connectivity index (χ1n) is 7.57. The quantitative estimate of drug-likeness (QED) is 0.688. The second kappa shape index (κ2) is 9.27. The zero-order valence-corrected chi connectivity index (χ0v) is 12.8. The Morgan fingerprint density at radius 1 is 1.18 bits per heavy atom. The fourth-order valence-electron chi connectivity index (χ4n) is 2.75. The molecule has 0 aromatic rings. The lowest BCUT2D eigenvalue weighted by molar-refractivity contribution is 0.319. The van der Waals surface area contributed by atoms with Crippen LogP contribution in [0.5, 0.6) is 0 Å². The predicted molar refractivity (Wildman–Crippen MR) is 80.9 cm³/mol. The molecule has 1 nitrogen and oxygen atoms in total. The molecule has 0 spiro atoms. The summed E-state index contributed by atoms with van der Waals surface area (Å²) in [4.78, 5) is 0. The van der Waals surface area contributed by atoms with E-state index in [1.54, 1.807) is 0 Å². The van der Waals surface area contributed by atoms with Crippen molar-refractivity contribution in [2.75, 3.05) is 12.3 Å². The summed E-state index contributed by atoms with van der Waals surface area (Å²) in [6, 6.07) is 0.745. The minimum absolute atomic E-state index is 0.745. The van der Waals surface area contributed by atoms with Gasteiger partial charge in [0.1, 0.15) is 0 Å². The van der Waals surface area contributed by atoms with Crippen LogP contribution in [0.15, 0.2) is 0 Å². The SMILES string of the molecule is CCNC(CCC1CCCCC1)CSC(C)C. The standard InChI is InChI=1S/C15H31NS/c1-4-16-15(12-17-13(2)3)11-10-14-8-6-5-7-9-14/h13-16H,4-12H2,1-3H3. The molecule has 0 saturated heterocycles.